The smallest absolute Gasteiger partial charge is 0.207 e. The van der Waals surface area contributed by atoms with E-state index < -0.39 is 0 Å². The Bertz CT molecular complexity index is 1050. The van der Waals surface area contributed by atoms with Crippen LogP contribution in [0, 0.1) is 0 Å². The van der Waals surface area contributed by atoms with Gasteiger partial charge in [0.2, 0.25) is 5.75 Å². The van der Waals surface area contributed by atoms with Gasteiger partial charge in [0.05, 0.1) is 20.1 Å². The van der Waals surface area contributed by atoms with Crippen LogP contribution in [0.1, 0.15) is 0 Å². The summed E-state index contributed by atoms with van der Waals surface area (Å²) in [6.45, 7) is -0.193. The summed E-state index contributed by atoms with van der Waals surface area (Å²) < 4.78 is 33.4. The average molecular weight is 550 g/mol. The van der Waals surface area contributed by atoms with E-state index in [9.17, 15) is 0 Å². The van der Waals surface area contributed by atoms with E-state index in [4.69, 9.17) is 86.3 Å². The van der Waals surface area contributed by atoms with E-state index in [1.807, 2.05) is 0 Å². The van der Waals surface area contributed by atoms with E-state index in [1.165, 1.54) is 50.6 Å². The zero-order valence-corrected chi connectivity index (χ0v) is 21.0. The SMILES string of the molecule is COCOc1cc(Oc2c(Cl)cc(N)cc2Cl)c(OCOC)c(Oc2c(Cl)cc(N)cc2Cl)c1. The number of methoxy groups -OCH3 is 2. The number of nitrogen functional groups attached to an aromatic ring is 2. The van der Waals surface area contributed by atoms with Gasteiger partial charge in [-0.25, -0.2) is 0 Å². The van der Waals surface area contributed by atoms with Crippen LogP contribution >= 0.6 is 46.4 Å². The second kappa shape index (κ2) is 11.8. The van der Waals surface area contributed by atoms with E-state index in [0.29, 0.717) is 17.1 Å². The molecular formula is C22H20Cl4N2O6. The van der Waals surface area contributed by atoms with Crippen LogP contribution in [-0.2, 0) is 9.47 Å². The molecule has 12 heteroatoms. The predicted molar refractivity (Wildman–Crippen MR) is 133 cm³/mol. The monoisotopic (exact) mass is 548 g/mol. The number of hydrogen-bond acceptors (Lipinski definition) is 8. The first-order chi connectivity index (χ1) is 16.2. The normalized spacial score (nSPS) is 10.8. The first-order valence-electron chi connectivity index (χ1n) is 9.49. The molecule has 3 aromatic carbocycles. The molecule has 0 aromatic heterocycles. The van der Waals surface area contributed by atoms with E-state index in [-0.39, 0.29) is 62.4 Å². The second-order valence-electron chi connectivity index (χ2n) is 6.68. The molecule has 182 valence electrons. The summed E-state index contributed by atoms with van der Waals surface area (Å²) in [6.07, 6.45) is 0. The third-order valence-corrected chi connectivity index (χ3v) is 5.25. The Morgan fingerprint density at radius 1 is 0.588 bits per heavy atom. The van der Waals surface area contributed by atoms with Crippen LogP contribution in [0.3, 0.4) is 0 Å². The highest BCUT2D eigenvalue weighted by atomic mass is 35.5. The van der Waals surface area contributed by atoms with E-state index >= 15 is 0 Å². The number of benzene rings is 3. The Morgan fingerprint density at radius 2 is 0.971 bits per heavy atom. The summed E-state index contributed by atoms with van der Waals surface area (Å²) in [4.78, 5) is 0. The molecule has 0 atom stereocenters. The van der Waals surface area contributed by atoms with Gasteiger partial charge in [0, 0.05) is 37.7 Å². The van der Waals surface area contributed by atoms with Crippen molar-refractivity contribution >= 4 is 57.8 Å². The molecule has 0 saturated heterocycles. The Labute approximate surface area is 216 Å². The maximum Gasteiger partial charge on any atom is 0.207 e. The predicted octanol–water partition coefficient (Wildman–Crippen LogP) is 7.01. The van der Waals surface area contributed by atoms with Crippen molar-refractivity contribution in [2.24, 2.45) is 0 Å². The molecule has 0 aliphatic carbocycles. The Balaban J connectivity index is 2.15. The molecule has 0 aliphatic heterocycles. The Kier molecular flexibility index (Phi) is 9.07. The number of ether oxygens (including phenoxy) is 6. The average Bonchev–Trinajstić information content (AvgIpc) is 2.76. The molecule has 0 fully saturated rings. The largest absolute Gasteiger partial charge is 0.467 e. The fourth-order valence-corrected chi connectivity index (χ4v) is 3.91. The minimum absolute atomic E-state index is 0.0517. The van der Waals surface area contributed by atoms with Crippen molar-refractivity contribution in [1.29, 1.82) is 0 Å². The third kappa shape index (κ3) is 6.35. The van der Waals surface area contributed by atoms with Gasteiger partial charge in [-0.3, -0.25) is 0 Å². The van der Waals surface area contributed by atoms with Crippen molar-refractivity contribution < 1.29 is 28.4 Å². The maximum atomic E-state index is 6.31. The van der Waals surface area contributed by atoms with Crippen molar-refractivity contribution in [2.75, 3.05) is 39.3 Å². The van der Waals surface area contributed by atoms with Gasteiger partial charge < -0.3 is 39.9 Å². The van der Waals surface area contributed by atoms with Gasteiger partial charge >= 0.3 is 0 Å². The van der Waals surface area contributed by atoms with Crippen LogP contribution in [0.4, 0.5) is 11.4 Å². The van der Waals surface area contributed by atoms with Crippen LogP contribution in [0.25, 0.3) is 0 Å². The standard InChI is InChI=1S/C22H20Cl4N2O6/c1-29-9-31-13-7-18(33-20-14(23)3-11(27)4-15(20)24)22(32-10-30-2)19(8-13)34-21-16(25)5-12(28)6-17(21)26/h3-8H,9-10,27-28H2,1-2H3. The summed E-state index contributed by atoms with van der Waals surface area (Å²) in [5.41, 5.74) is 12.3. The number of rotatable bonds is 10. The van der Waals surface area contributed by atoms with Crippen LogP contribution in [0.15, 0.2) is 36.4 Å². The van der Waals surface area contributed by atoms with Crippen LogP contribution in [-0.4, -0.2) is 27.8 Å². The number of halogens is 4. The third-order valence-electron chi connectivity index (χ3n) is 4.12. The lowest BCUT2D eigenvalue weighted by Crippen LogP contribution is -2.05. The first-order valence-corrected chi connectivity index (χ1v) is 11.0. The van der Waals surface area contributed by atoms with E-state index in [0.717, 1.165) is 0 Å². The van der Waals surface area contributed by atoms with Gasteiger partial charge in [-0.05, 0) is 24.3 Å². The Hall–Kier alpha value is -2.46. The van der Waals surface area contributed by atoms with Gasteiger partial charge in [0.15, 0.2) is 36.6 Å². The first kappa shape index (κ1) is 26.2. The number of hydrogen-bond donors (Lipinski definition) is 2. The minimum atomic E-state index is -0.141. The van der Waals surface area contributed by atoms with Gasteiger partial charge in [0.25, 0.3) is 0 Å². The lowest BCUT2D eigenvalue weighted by Gasteiger charge is -2.20. The quantitative estimate of drug-likeness (QED) is 0.205. The highest BCUT2D eigenvalue weighted by Gasteiger charge is 2.22. The maximum absolute atomic E-state index is 6.31. The molecule has 0 bridgehead atoms. The highest BCUT2D eigenvalue weighted by Crippen LogP contribution is 2.49. The summed E-state index contributed by atoms with van der Waals surface area (Å²) >= 11 is 25.2. The summed E-state index contributed by atoms with van der Waals surface area (Å²) in [7, 11) is 2.94. The molecule has 3 aromatic rings. The molecule has 34 heavy (non-hydrogen) atoms. The topological polar surface area (TPSA) is 107 Å². The van der Waals surface area contributed by atoms with Crippen molar-refractivity contribution in [2.45, 2.75) is 0 Å². The van der Waals surface area contributed by atoms with Crippen LogP contribution < -0.4 is 30.4 Å². The van der Waals surface area contributed by atoms with Crippen molar-refractivity contribution in [3.05, 3.63) is 56.5 Å². The van der Waals surface area contributed by atoms with E-state index in [2.05, 4.69) is 0 Å². The molecule has 4 N–H and O–H groups in total. The molecule has 0 heterocycles. The molecule has 0 spiro atoms. The molecule has 0 radical (unpaired) electrons. The lowest BCUT2D eigenvalue weighted by atomic mass is 10.2. The van der Waals surface area contributed by atoms with Crippen LogP contribution in [0.5, 0.6) is 34.5 Å². The summed E-state index contributed by atoms with van der Waals surface area (Å²) in [5, 5.41) is 0.715. The number of anilines is 2. The lowest BCUT2D eigenvalue weighted by molar-refractivity contribution is 0.0455. The zero-order chi connectivity index (χ0) is 24.8. The van der Waals surface area contributed by atoms with Crippen LogP contribution in [0.2, 0.25) is 20.1 Å². The summed E-state index contributed by atoms with van der Waals surface area (Å²) in [5.74, 6) is 0.978. The molecule has 0 amide bonds. The van der Waals surface area contributed by atoms with Crippen molar-refractivity contribution in [1.82, 2.24) is 0 Å². The summed E-state index contributed by atoms with van der Waals surface area (Å²) in [6, 6.07) is 9.05. The van der Waals surface area contributed by atoms with Gasteiger partial charge in [-0.15, -0.1) is 0 Å². The molecule has 0 saturated carbocycles. The molecular weight excluding hydrogens is 530 g/mol. The fraction of sp³-hybridized carbons (Fsp3) is 0.182. The minimum Gasteiger partial charge on any atom is -0.467 e. The van der Waals surface area contributed by atoms with Crippen molar-refractivity contribution in [3.8, 4) is 34.5 Å². The van der Waals surface area contributed by atoms with Gasteiger partial charge in [-0.2, -0.15) is 0 Å². The molecule has 8 nitrogen and oxygen atoms in total. The number of nitrogens with two attached hydrogens (primary N) is 2. The Morgan fingerprint density at radius 3 is 1.35 bits per heavy atom. The second-order valence-corrected chi connectivity index (χ2v) is 8.31. The fourth-order valence-electron chi connectivity index (χ4n) is 2.75. The zero-order valence-electron chi connectivity index (χ0n) is 18.0. The van der Waals surface area contributed by atoms with E-state index in [1.54, 1.807) is 0 Å². The highest BCUT2D eigenvalue weighted by molar-refractivity contribution is 6.38. The van der Waals surface area contributed by atoms with Gasteiger partial charge in [-0.1, -0.05) is 46.4 Å². The van der Waals surface area contributed by atoms with Crippen molar-refractivity contribution in [3.63, 3.8) is 0 Å². The van der Waals surface area contributed by atoms with Gasteiger partial charge in [0.1, 0.15) is 5.75 Å². The molecule has 0 aliphatic rings. The molecule has 3 rings (SSSR count). The molecule has 0 unspecified atom stereocenters.